The molecule has 31 heavy (non-hydrogen) atoms. The summed E-state index contributed by atoms with van der Waals surface area (Å²) in [6.45, 7) is 11.2. The van der Waals surface area contributed by atoms with Crippen LogP contribution in [-0.4, -0.2) is 41.1 Å². The molecule has 0 fully saturated rings. The van der Waals surface area contributed by atoms with Crippen molar-refractivity contribution in [1.82, 2.24) is 14.8 Å². The van der Waals surface area contributed by atoms with Crippen LogP contribution >= 0.6 is 0 Å². The summed E-state index contributed by atoms with van der Waals surface area (Å²) in [7, 11) is 0. The first-order chi connectivity index (χ1) is 15.0. The largest absolute Gasteiger partial charge is 0.351 e. The Labute approximate surface area is 183 Å². The van der Waals surface area contributed by atoms with Crippen molar-refractivity contribution in [3.05, 3.63) is 96.5 Å². The number of carbonyl (C=O) groups is 1. The van der Waals surface area contributed by atoms with Crippen molar-refractivity contribution in [2.45, 2.75) is 19.5 Å². The van der Waals surface area contributed by atoms with Crippen LogP contribution in [0, 0.1) is 0 Å². The second-order valence-electron chi connectivity index (χ2n) is 7.65. The van der Waals surface area contributed by atoms with Crippen molar-refractivity contribution < 1.29 is 4.79 Å². The van der Waals surface area contributed by atoms with E-state index in [1.807, 2.05) is 72.6 Å². The van der Waals surface area contributed by atoms with Gasteiger partial charge in [0.05, 0.1) is 6.54 Å². The smallest absolute Gasteiger partial charge is 0.258 e. The molecule has 0 saturated carbocycles. The van der Waals surface area contributed by atoms with Crippen LogP contribution in [-0.2, 0) is 11.3 Å². The lowest BCUT2D eigenvalue weighted by Crippen LogP contribution is -2.43. The molecule has 0 aliphatic heterocycles. The predicted octanol–water partition coefficient (Wildman–Crippen LogP) is 3.85. The third-order valence-corrected chi connectivity index (χ3v) is 5.10. The first-order valence-electron chi connectivity index (χ1n) is 10.4. The molecular weight excluding hydrogens is 386 g/mol. The zero-order valence-electron chi connectivity index (χ0n) is 18.0. The number of benzene rings is 2. The maximum absolute atomic E-state index is 13.1. The lowest BCUT2D eigenvalue weighted by atomic mass is 10.0. The van der Waals surface area contributed by atoms with Crippen molar-refractivity contribution in [2.24, 2.45) is 0 Å². The Balaban J connectivity index is 1.83. The summed E-state index contributed by atoms with van der Waals surface area (Å²) in [5, 5.41) is 4.60. The number of hydrogen-bond donors (Lipinski definition) is 1. The van der Waals surface area contributed by atoms with Crippen LogP contribution in [0.5, 0.6) is 0 Å². The molecule has 0 saturated heterocycles. The van der Waals surface area contributed by atoms with E-state index in [9.17, 15) is 9.59 Å². The maximum Gasteiger partial charge on any atom is 0.258 e. The number of nitrogens with zero attached hydrogens (tertiary/aromatic N) is 2. The van der Waals surface area contributed by atoms with Crippen molar-refractivity contribution in [2.75, 3.05) is 19.6 Å². The number of rotatable bonds is 10. The van der Waals surface area contributed by atoms with Gasteiger partial charge in [-0.2, -0.15) is 0 Å². The van der Waals surface area contributed by atoms with Crippen molar-refractivity contribution in [1.29, 1.82) is 0 Å². The molecule has 1 aromatic heterocycles. The minimum Gasteiger partial charge on any atom is -0.351 e. The number of amides is 1. The lowest BCUT2D eigenvalue weighted by molar-refractivity contribution is -0.122. The van der Waals surface area contributed by atoms with Gasteiger partial charge in [-0.25, -0.2) is 0 Å². The molecule has 1 unspecified atom stereocenters. The normalized spacial score (nSPS) is 11.9. The molecule has 0 bridgehead atoms. The number of carbonyl (C=O) groups excluding carboxylic acids is 1. The van der Waals surface area contributed by atoms with Crippen molar-refractivity contribution >= 4 is 16.7 Å². The van der Waals surface area contributed by atoms with Gasteiger partial charge in [0.2, 0.25) is 5.91 Å². The highest BCUT2D eigenvalue weighted by atomic mass is 16.2. The van der Waals surface area contributed by atoms with Crippen LogP contribution in [0.25, 0.3) is 21.9 Å². The molecule has 3 rings (SSSR count). The number of hydrogen-bond acceptors (Lipinski definition) is 3. The highest BCUT2D eigenvalue weighted by Crippen LogP contribution is 2.26. The van der Waals surface area contributed by atoms with Crippen LogP contribution in [0.3, 0.4) is 0 Å². The average molecular weight is 416 g/mol. The quantitative estimate of drug-likeness (QED) is 0.512. The van der Waals surface area contributed by atoms with E-state index in [0.717, 1.165) is 16.5 Å². The first kappa shape index (κ1) is 22.2. The van der Waals surface area contributed by atoms with E-state index >= 15 is 0 Å². The Kier molecular flexibility index (Phi) is 7.57. The Morgan fingerprint density at radius 1 is 1.03 bits per heavy atom. The highest BCUT2D eigenvalue weighted by Gasteiger charge is 2.15. The van der Waals surface area contributed by atoms with Crippen LogP contribution in [0.1, 0.15) is 6.92 Å². The number of aromatic nitrogens is 1. The fourth-order valence-corrected chi connectivity index (χ4v) is 3.76. The van der Waals surface area contributed by atoms with Gasteiger partial charge in [0, 0.05) is 42.8 Å². The first-order valence-corrected chi connectivity index (χ1v) is 10.4. The minimum atomic E-state index is -0.204. The van der Waals surface area contributed by atoms with Gasteiger partial charge in [0.25, 0.3) is 5.56 Å². The average Bonchev–Trinajstić information content (AvgIpc) is 2.76. The van der Waals surface area contributed by atoms with Crippen molar-refractivity contribution in [3.63, 3.8) is 0 Å². The summed E-state index contributed by atoms with van der Waals surface area (Å²) in [5.74, 6) is -0.0895. The number of pyridine rings is 1. The highest BCUT2D eigenvalue weighted by molar-refractivity contribution is 5.95. The number of fused-ring (bicyclic) bond motifs is 1. The Morgan fingerprint density at radius 3 is 2.29 bits per heavy atom. The van der Waals surface area contributed by atoms with E-state index in [1.165, 1.54) is 0 Å². The molecule has 0 radical (unpaired) electrons. The van der Waals surface area contributed by atoms with Crippen LogP contribution in [0.15, 0.2) is 90.9 Å². The van der Waals surface area contributed by atoms with E-state index < -0.39 is 0 Å². The third kappa shape index (κ3) is 5.58. The number of nitrogens with one attached hydrogen (secondary N) is 1. The van der Waals surface area contributed by atoms with Gasteiger partial charge in [-0.15, -0.1) is 13.2 Å². The van der Waals surface area contributed by atoms with Gasteiger partial charge >= 0.3 is 0 Å². The van der Waals surface area contributed by atoms with E-state index in [2.05, 4.69) is 18.5 Å². The molecule has 5 nitrogen and oxygen atoms in total. The SMILES string of the molecule is C=CCN(CC=C)CC(=O)NC(C)Cn1cc(-c2ccccc2)c2ccccc2c1=O. The van der Waals surface area contributed by atoms with Crippen LogP contribution < -0.4 is 10.9 Å². The van der Waals surface area contributed by atoms with E-state index in [1.54, 1.807) is 16.7 Å². The summed E-state index contributed by atoms with van der Waals surface area (Å²) in [4.78, 5) is 27.5. The molecule has 1 atom stereocenters. The zero-order chi connectivity index (χ0) is 22.2. The summed E-state index contributed by atoms with van der Waals surface area (Å²) in [6.07, 6.45) is 5.42. The van der Waals surface area contributed by atoms with Crippen LogP contribution in [0.4, 0.5) is 0 Å². The second-order valence-corrected chi connectivity index (χ2v) is 7.65. The molecule has 0 aliphatic rings. The van der Waals surface area contributed by atoms with Gasteiger partial charge in [-0.1, -0.05) is 60.7 Å². The van der Waals surface area contributed by atoms with Gasteiger partial charge in [0.1, 0.15) is 0 Å². The molecule has 1 heterocycles. The third-order valence-electron chi connectivity index (χ3n) is 5.10. The maximum atomic E-state index is 13.1. The predicted molar refractivity (Wildman–Crippen MR) is 128 cm³/mol. The van der Waals surface area contributed by atoms with E-state index in [0.29, 0.717) is 25.0 Å². The van der Waals surface area contributed by atoms with Crippen molar-refractivity contribution in [3.8, 4) is 11.1 Å². The van der Waals surface area contributed by atoms with Gasteiger partial charge in [-0.05, 0) is 23.9 Å². The molecule has 1 amide bonds. The molecule has 160 valence electrons. The van der Waals surface area contributed by atoms with Gasteiger partial charge in [0.15, 0.2) is 0 Å². The van der Waals surface area contributed by atoms with Crippen LogP contribution in [0.2, 0.25) is 0 Å². The summed E-state index contributed by atoms with van der Waals surface area (Å²) < 4.78 is 1.70. The van der Waals surface area contributed by atoms with Gasteiger partial charge < -0.3 is 9.88 Å². The molecule has 2 aromatic carbocycles. The van der Waals surface area contributed by atoms with Gasteiger partial charge in [-0.3, -0.25) is 14.5 Å². The summed E-state index contributed by atoms with van der Waals surface area (Å²) in [5.41, 5.74) is 1.99. The summed E-state index contributed by atoms with van der Waals surface area (Å²) in [6, 6.07) is 17.5. The van der Waals surface area contributed by atoms with E-state index in [4.69, 9.17) is 0 Å². The fourth-order valence-electron chi connectivity index (χ4n) is 3.76. The molecule has 0 spiro atoms. The lowest BCUT2D eigenvalue weighted by Gasteiger charge is -2.21. The molecule has 3 aromatic rings. The standard InChI is InChI=1S/C26H29N3O2/c1-4-15-28(16-5-2)19-25(30)27-20(3)17-29-18-24(21-11-7-6-8-12-21)22-13-9-10-14-23(22)26(29)31/h4-14,18,20H,1-2,15-17,19H2,3H3,(H,27,30). The Hall–Kier alpha value is -3.44. The zero-order valence-corrected chi connectivity index (χ0v) is 18.0. The molecular formula is C26H29N3O2. The summed E-state index contributed by atoms with van der Waals surface area (Å²) >= 11 is 0. The van der Waals surface area contributed by atoms with E-state index in [-0.39, 0.29) is 24.1 Å². The molecule has 1 N–H and O–H groups in total. The molecule has 5 heteroatoms. The molecule has 0 aliphatic carbocycles. The second kappa shape index (κ2) is 10.5. The monoisotopic (exact) mass is 415 g/mol. The topological polar surface area (TPSA) is 54.3 Å². The Morgan fingerprint density at radius 2 is 1.65 bits per heavy atom. The fraction of sp³-hybridized carbons (Fsp3) is 0.231. The minimum absolute atomic E-state index is 0.0590. The Bertz CT molecular complexity index is 1110.